The molecule has 0 aliphatic heterocycles. The number of nitrogens with zero attached hydrogens (tertiary/aromatic N) is 2. The fraction of sp³-hybridized carbons (Fsp3) is 0.769. The Labute approximate surface area is 99.2 Å². The lowest BCUT2D eigenvalue weighted by Gasteiger charge is -2.12. The van der Waals surface area contributed by atoms with Gasteiger partial charge >= 0.3 is 0 Å². The summed E-state index contributed by atoms with van der Waals surface area (Å²) in [5, 5.41) is 7.85. The van der Waals surface area contributed by atoms with E-state index in [9.17, 15) is 0 Å². The summed E-state index contributed by atoms with van der Waals surface area (Å²) in [5.41, 5.74) is 3.99. The molecule has 0 aliphatic rings. The molecule has 1 atom stereocenters. The van der Waals surface area contributed by atoms with Crippen molar-refractivity contribution in [1.82, 2.24) is 15.1 Å². The second kappa shape index (κ2) is 6.04. The molecule has 0 spiro atoms. The molecule has 1 N–H and O–H groups in total. The van der Waals surface area contributed by atoms with Crippen molar-refractivity contribution in [2.24, 2.45) is 0 Å². The number of hydrogen-bond donors (Lipinski definition) is 1. The van der Waals surface area contributed by atoms with Gasteiger partial charge in [-0.2, -0.15) is 5.10 Å². The maximum Gasteiger partial charge on any atom is 0.0628 e. The predicted octanol–water partition coefficient (Wildman–Crippen LogP) is 2.62. The molecule has 0 saturated carbocycles. The Bertz CT molecular complexity index is 328. The molecule has 1 aromatic heterocycles. The lowest BCUT2D eigenvalue weighted by molar-refractivity contribution is 0.464. The minimum atomic E-state index is 0.511. The molecule has 0 radical (unpaired) electrons. The number of rotatable bonds is 6. The third kappa shape index (κ3) is 2.85. The normalized spacial score (nSPS) is 13.1. The zero-order valence-electron chi connectivity index (χ0n) is 11.3. The van der Waals surface area contributed by atoms with Crippen LogP contribution in [-0.4, -0.2) is 23.4 Å². The smallest absolute Gasteiger partial charge is 0.0628 e. The Balaban J connectivity index is 2.80. The van der Waals surface area contributed by atoms with Gasteiger partial charge in [0.25, 0.3) is 0 Å². The van der Waals surface area contributed by atoms with Gasteiger partial charge in [0, 0.05) is 11.7 Å². The Kier molecular flexibility index (Phi) is 5.00. The molecule has 0 amide bonds. The van der Waals surface area contributed by atoms with E-state index < -0.39 is 0 Å². The Morgan fingerprint density at radius 3 is 2.62 bits per heavy atom. The Morgan fingerprint density at radius 1 is 1.38 bits per heavy atom. The molecule has 0 fully saturated rings. The molecule has 1 rings (SSSR count). The van der Waals surface area contributed by atoms with Crippen LogP contribution < -0.4 is 5.32 Å². The fourth-order valence-corrected chi connectivity index (χ4v) is 2.10. The van der Waals surface area contributed by atoms with Gasteiger partial charge in [0.2, 0.25) is 0 Å². The largest absolute Gasteiger partial charge is 0.320 e. The van der Waals surface area contributed by atoms with Crippen LogP contribution in [0.25, 0.3) is 0 Å². The highest BCUT2D eigenvalue weighted by Gasteiger charge is 2.13. The maximum atomic E-state index is 4.66. The van der Waals surface area contributed by atoms with Crippen LogP contribution in [0.3, 0.4) is 0 Å². The van der Waals surface area contributed by atoms with E-state index in [0.29, 0.717) is 6.04 Å². The van der Waals surface area contributed by atoms with Gasteiger partial charge < -0.3 is 5.32 Å². The molecule has 92 valence electrons. The van der Waals surface area contributed by atoms with Crippen LogP contribution in [0.5, 0.6) is 0 Å². The quantitative estimate of drug-likeness (QED) is 0.751. The van der Waals surface area contributed by atoms with Crippen molar-refractivity contribution in [3.05, 3.63) is 17.0 Å². The number of aryl methyl sites for hydroxylation is 1. The van der Waals surface area contributed by atoms with Crippen LogP contribution in [0.4, 0.5) is 0 Å². The van der Waals surface area contributed by atoms with E-state index in [-0.39, 0.29) is 0 Å². The fourth-order valence-electron chi connectivity index (χ4n) is 2.10. The highest BCUT2D eigenvalue weighted by molar-refractivity contribution is 5.25. The van der Waals surface area contributed by atoms with Gasteiger partial charge in [-0.15, -0.1) is 0 Å². The third-order valence-electron chi connectivity index (χ3n) is 3.34. The lowest BCUT2D eigenvalue weighted by Crippen LogP contribution is -2.10. The maximum absolute atomic E-state index is 4.66. The molecular formula is C13H25N3. The summed E-state index contributed by atoms with van der Waals surface area (Å²) in [4.78, 5) is 0. The van der Waals surface area contributed by atoms with E-state index in [1.54, 1.807) is 0 Å². The van der Waals surface area contributed by atoms with Gasteiger partial charge in [0.05, 0.1) is 5.69 Å². The first kappa shape index (κ1) is 13.2. The lowest BCUT2D eigenvalue weighted by atomic mass is 10.1. The summed E-state index contributed by atoms with van der Waals surface area (Å²) < 4.78 is 2.18. The average molecular weight is 223 g/mol. The van der Waals surface area contributed by atoms with Gasteiger partial charge in [-0.05, 0) is 59.2 Å². The van der Waals surface area contributed by atoms with Crippen molar-refractivity contribution in [1.29, 1.82) is 0 Å². The van der Waals surface area contributed by atoms with Crippen molar-refractivity contribution in [2.75, 3.05) is 13.6 Å². The standard InChI is InChI=1S/C13H25N3/c1-6-10(2)16-12(4)13(11(3)15-16)8-7-9-14-5/h10,14H,6-9H2,1-5H3. The number of aromatic nitrogens is 2. The summed E-state index contributed by atoms with van der Waals surface area (Å²) in [6, 6.07) is 0.511. The van der Waals surface area contributed by atoms with Crippen LogP contribution in [0.1, 0.15) is 49.7 Å². The Hall–Kier alpha value is -0.830. The van der Waals surface area contributed by atoms with Crippen LogP contribution in [0, 0.1) is 13.8 Å². The zero-order valence-corrected chi connectivity index (χ0v) is 11.3. The van der Waals surface area contributed by atoms with Gasteiger partial charge in [-0.1, -0.05) is 6.92 Å². The molecular weight excluding hydrogens is 198 g/mol. The van der Waals surface area contributed by atoms with Gasteiger partial charge in [-0.25, -0.2) is 0 Å². The Morgan fingerprint density at radius 2 is 2.06 bits per heavy atom. The van der Waals surface area contributed by atoms with Gasteiger partial charge in [0.15, 0.2) is 0 Å². The van der Waals surface area contributed by atoms with E-state index in [1.165, 1.54) is 23.4 Å². The second-order valence-electron chi connectivity index (χ2n) is 4.56. The molecule has 16 heavy (non-hydrogen) atoms. The topological polar surface area (TPSA) is 29.9 Å². The minimum Gasteiger partial charge on any atom is -0.320 e. The summed E-state index contributed by atoms with van der Waals surface area (Å²) in [6.45, 7) is 9.84. The van der Waals surface area contributed by atoms with Crippen molar-refractivity contribution >= 4 is 0 Å². The van der Waals surface area contributed by atoms with Crippen LogP contribution in [0.15, 0.2) is 0 Å². The van der Waals surface area contributed by atoms with Crippen LogP contribution in [-0.2, 0) is 6.42 Å². The monoisotopic (exact) mass is 223 g/mol. The molecule has 0 aliphatic carbocycles. The number of nitrogens with one attached hydrogen (secondary N) is 1. The van der Waals surface area contributed by atoms with Crippen molar-refractivity contribution in [3.63, 3.8) is 0 Å². The molecule has 1 aromatic rings. The van der Waals surface area contributed by atoms with Crippen molar-refractivity contribution < 1.29 is 0 Å². The first-order chi connectivity index (χ1) is 7.61. The molecule has 0 saturated heterocycles. The molecule has 0 bridgehead atoms. The SMILES string of the molecule is CCC(C)n1nc(C)c(CCCNC)c1C. The highest BCUT2D eigenvalue weighted by Crippen LogP contribution is 2.20. The van der Waals surface area contributed by atoms with E-state index >= 15 is 0 Å². The summed E-state index contributed by atoms with van der Waals surface area (Å²) in [7, 11) is 2.00. The van der Waals surface area contributed by atoms with Gasteiger partial charge in [-0.3, -0.25) is 4.68 Å². The second-order valence-corrected chi connectivity index (χ2v) is 4.56. The highest BCUT2D eigenvalue weighted by atomic mass is 15.3. The van der Waals surface area contributed by atoms with E-state index in [0.717, 1.165) is 19.4 Å². The summed E-state index contributed by atoms with van der Waals surface area (Å²) >= 11 is 0. The first-order valence-corrected chi connectivity index (χ1v) is 6.31. The predicted molar refractivity (Wildman–Crippen MR) is 69.0 cm³/mol. The molecule has 3 heteroatoms. The van der Waals surface area contributed by atoms with E-state index in [2.05, 4.69) is 42.8 Å². The minimum absolute atomic E-state index is 0.511. The van der Waals surface area contributed by atoms with Crippen LogP contribution >= 0.6 is 0 Å². The van der Waals surface area contributed by atoms with Crippen molar-refractivity contribution in [3.8, 4) is 0 Å². The first-order valence-electron chi connectivity index (χ1n) is 6.31. The van der Waals surface area contributed by atoms with Gasteiger partial charge in [0.1, 0.15) is 0 Å². The summed E-state index contributed by atoms with van der Waals surface area (Å²) in [5.74, 6) is 0. The molecule has 1 heterocycles. The molecule has 0 aromatic carbocycles. The average Bonchev–Trinajstić information content (AvgIpc) is 2.56. The zero-order chi connectivity index (χ0) is 12.1. The van der Waals surface area contributed by atoms with Crippen LogP contribution in [0.2, 0.25) is 0 Å². The molecule has 1 unspecified atom stereocenters. The van der Waals surface area contributed by atoms with E-state index in [1.807, 2.05) is 7.05 Å². The van der Waals surface area contributed by atoms with E-state index in [4.69, 9.17) is 0 Å². The number of hydrogen-bond acceptors (Lipinski definition) is 2. The summed E-state index contributed by atoms with van der Waals surface area (Å²) in [6.07, 6.45) is 3.46. The third-order valence-corrected chi connectivity index (χ3v) is 3.34. The van der Waals surface area contributed by atoms with Crippen molar-refractivity contribution in [2.45, 2.75) is 53.0 Å². The molecule has 3 nitrogen and oxygen atoms in total.